The molecule has 0 unspecified atom stereocenters. The number of carbonyl (C=O) groups excluding carboxylic acids is 1. The minimum absolute atomic E-state index is 0.0655. The summed E-state index contributed by atoms with van der Waals surface area (Å²) < 4.78 is 52.9. The summed E-state index contributed by atoms with van der Waals surface area (Å²) in [5.74, 6) is -4.50. The Morgan fingerprint density at radius 1 is 0.896 bits per heavy atom. The van der Waals surface area contributed by atoms with Gasteiger partial charge in [0.2, 0.25) is 5.91 Å². The first-order valence-electron chi connectivity index (χ1n) is 13.5. The number of carbonyl (C=O) groups is 3. The quantitative estimate of drug-likeness (QED) is 0.0529. The number of nitrogen functional groups attached to an aromatic ring is 1. The zero-order chi connectivity index (χ0) is 35.8. The molecule has 0 saturated carbocycles. The van der Waals surface area contributed by atoms with E-state index in [1.54, 1.807) is 0 Å². The molecule has 1 amide bonds. The molecule has 20 heteroatoms. The molecule has 4 rings (SSSR count). The number of carboxylic acid groups (broad SMARTS) is 2. The van der Waals surface area contributed by atoms with E-state index in [2.05, 4.69) is 9.97 Å². The summed E-state index contributed by atoms with van der Waals surface area (Å²) in [5.41, 5.74) is 3.45. The highest BCUT2D eigenvalue weighted by Gasteiger charge is 2.39. The van der Waals surface area contributed by atoms with Gasteiger partial charge in [-0.2, -0.15) is 0 Å². The third-order valence-electron chi connectivity index (χ3n) is 7.31. The molecular formula is C28H29N7O11S2. The molecule has 3 aromatic carbocycles. The Hall–Kier alpha value is -5.25. The molecule has 0 bridgehead atoms. The Kier molecular flexibility index (Phi) is 9.72. The summed E-state index contributed by atoms with van der Waals surface area (Å²) in [6.45, 7) is 0.618. The number of carboxylic acids is 2. The number of aliphatic carboxylic acids is 2. The third kappa shape index (κ3) is 6.88. The van der Waals surface area contributed by atoms with Crippen LogP contribution in [0.15, 0.2) is 64.4 Å². The second kappa shape index (κ2) is 13.1. The van der Waals surface area contributed by atoms with Gasteiger partial charge in [0, 0.05) is 22.3 Å². The molecule has 0 fully saturated rings. The van der Waals surface area contributed by atoms with Crippen LogP contribution in [0.5, 0.6) is 0 Å². The predicted octanol–water partition coefficient (Wildman–Crippen LogP) is 0.791. The van der Waals surface area contributed by atoms with Gasteiger partial charge in [0.25, 0.3) is 20.0 Å². The van der Waals surface area contributed by atoms with Gasteiger partial charge < -0.3 is 36.2 Å². The van der Waals surface area contributed by atoms with Crippen molar-refractivity contribution < 1.29 is 51.8 Å². The normalized spacial score (nSPS) is 12.2. The van der Waals surface area contributed by atoms with Crippen LogP contribution in [0, 0.1) is 5.41 Å². The summed E-state index contributed by atoms with van der Waals surface area (Å²) in [5, 5.41) is 45.7. The Balaban J connectivity index is 2.18. The molecule has 1 heterocycles. The van der Waals surface area contributed by atoms with Gasteiger partial charge >= 0.3 is 11.9 Å². The maximum atomic E-state index is 13.8. The number of hydrogen-bond donors (Lipinski definition) is 9. The van der Waals surface area contributed by atoms with Gasteiger partial charge in [-0.3, -0.25) is 19.8 Å². The maximum Gasteiger partial charge on any atom is 0.323 e. The fourth-order valence-corrected chi connectivity index (χ4v) is 6.84. The summed E-state index contributed by atoms with van der Waals surface area (Å²) in [6, 6.07) is 11.6. The average Bonchev–Trinajstić information content (AvgIpc) is 3.46. The number of H-pyrrole nitrogens is 1. The SMILES string of the molecule is CC(C)(C(=O)N(CC(=O)O)CC(=O)O)c1cc(-c2nc3cc(C(=N)N)ccc3[nH]2)c(S(=O)(=O)NO)c(-c2ccccc2S(=O)(=O)NO)c1. The largest absolute Gasteiger partial charge is 0.480 e. The number of hydrogen-bond acceptors (Lipinski definition) is 11. The van der Waals surface area contributed by atoms with E-state index >= 15 is 0 Å². The number of sulfonamides is 2. The molecule has 0 spiro atoms. The van der Waals surface area contributed by atoms with E-state index in [9.17, 15) is 51.8 Å². The number of aromatic amines is 1. The van der Waals surface area contributed by atoms with Crippen molar-refractivity contribution in [3.05, 3.63) is 65.7 Å². The van der Waals surface area contributed by atoms with Crippen molar-refractivity contribution >= 4 is 54.8 Å². The highest BCUT2D eigenvalue weighted by molar-refractivity contribution is 7.90. The van der Waals surface area contributed by atoms with Crippen LogP contribution in [0.4, 0.5) is 0 Å². The van der Waals surface area contributed by atoms with E-state index in [-0.39, 0.29) is 39.4 Å². The predicted molar refractivity (Wildman–Crippen MR) is 167 cm³/mol. The van der Waals surface area contributed by atoms with Crippen LogP contribution in [-0.2, 0) is 39.8 Å². The smallest absolute Gasteiger partial charge is 0.323 e. The van der Waals surface area contributed by atoms with Crippen LogP contribution in [0.25, 0.3) is 33.5 Å². The first-order valence-corrected chi connectivity index (χ1v) is 16.5. The zero-order valence-corrected chi connectivity index (χ0v) is 26.7. The van der Waals surface area contributed by atoms with E-state index in [4.69, 9.17) is 11.1 Å². The van der Waals surface area contributed by atoms with Crippen molar-refractivity contribution in [1.29, 1.82) is 5.41 Å². The van der Waals surface area contributed by atoms with Crippen LogP contribution in [0.2, 0.25) is 0 Å². The second-order valence-electron chi connectivity index (χ2n) is 10.9. The van der Waals surface area contributed by atoms with Crippen LogP contribution < -0.4 is 15.5 Å². The number of imidazole rings is 1. The van der Waals surface area contributed by atoms with Crippen LogP contribution in [0.1, 0.15) is 25.0 Å². The van der Waals surface area contributed by atoms with E-state index in [0.29, 0.717) is 10.4 Å². The number of amides is 1. The monoisotopic (exact) mass is 703 g/mol. The maximum absolute atomic E-state index is 13.8. The molecule has 48 heavy (non-hydrogen) atoms. The Morgan fingerprint density at radius 3 is 2.04 bits per heavy atom. The molecule has 0 aliphatic heterocycles. The molecule has 4 aromatic rings. The van der Waals surface area contributed by atoms with Crippen molar-refractivity contribution in [2.75, 3.05) is 13.1 Å². The fourth-order valence-electron chi connectivity index (χ4n) is 5.02. The number of fused-ring (bicyclic) bond motifs is 1. The van der Waals surface area contributed by atoms with Gasteiger partial charge in [-0.1, -0.05) is 28.0 Å². The molecule has 1 aromatic heterocycles. The second-order valence-corrected chi connectivity index (χ2v) is 14.1. The van der Waals surface area contributed by atoms with Crippen molar-refractivity contribution in [1.82, 2.24) is 24.6 Å². The van der Waals surface area contributed by atoms with Gasteiger partial charge in [0.15, 0.2) is 0 Å². The number of rotatable bonds is 13. The average molecular weight is 704 g/mol. The molecule has 0 aliphatic rings. The summed E-state index contributed by atoms with van der Waals surface area (Å²) in [7, 11) is -9.65. The van der Waals surface area contributed by atoms with Gasteiger partial charge in [-0.05, 0) is 55.8 Å². The Labute approximate surface area is 272 Å². The topological polar surface area (TPSA) is 306 Å². The summed E-state index contributed by atoms with van der Waals surface area (Å²) in [6.07, 6.45) is 0. The molecule has 10 N–H and O–H groups in total. The number of aromatic nitrogens is 2. The lowest BCUT2D eigenvalue weighted by molar-refractivity contribution is -0.151. The highest BCUT2D eigenvalue weighted by Crippen LogP contribution is 2.42. The fraction of sp³-hybridized carbons (Fsp3) is 0.179. The van der Waals surface area contributed by atoms with Crippen molar-refractivity contribution in [2.45, 2.75) is 29.1 Å². The first-order chi connectivity index (χ1) is 22.3. The molecule has 18 nitrogen and oxygen atoms in total. The van der Waals surface area contributed by atoms with Crippen molar-refractivity contribution in [3.63, 3.8) is 0 Å². The number of benzene rings is 3. The van der Waals surface area contributed by atoms with Crippen molar-refractivity contribution in [2.24, 2.45) is 5.73 Å². The van der Waals surface area contributed by atoms with E-state index in [0.717, 1.165) is 12.1 Å². The van der Waals surface area contributed by atoms with Crippen LogP contribution in [0.3, 0.4) is 0 Å². The summed E-state index contributed by atoms with van der Waals surface area (Å²) >= 11 is 0. The van der Waals surface area contributed by atoms with Gasteiger partial charge in [0.05, 0.1) is 21.3 Å². The Morgan fingerprint density at radius 2 is 1.48 bits per heavy atom. The van der Waals surface area contributed by atoms with Crippen LogP contribution in [-0.4, -0.2) is 89.1 Å². The molecule has 0 saturated heterocycles. The summed E-state index contributed by atoms with van der Waals surface area (Å²) in [4.78, 5) is 45.8. The standard InChI is InChI=1S/C28H29N7O11S2/c1-28(2,27(40)35(12-22(36)37)13-23(38)39)15-10-17(16-5-3-4-6-21(16)47(43,44)33-41)24(48(45,46)34-42)18(11-15)26-31-19-8-7-14(25(29)30)9-20(19)32-26/h3-11,33-34,41-42H,12-13H2,1-2H3,(H3,29,30)(H,31,32)(H,36,37)(H,38,39). The van der Waals surface area contributed by atoms with Gasteiger partial charge in [-0.15, -0.1) is 0 Å². The minimum atomic E-state index is -4.95. The van der Waals surface area contributed by atoms with E-state index in [1.165, 1.54) is 66.1 Å². The molecular weight excluding hydrogens is 674 g/mol. The number of nitrogens with zero attached hydrogens (tertiary/aromatic N) is 2. The van der Waals surface area contributed by atoms with Crippen molar-refractivity contribution in [3.8, 4) is 22.5 Å². The minimum Gasteiger partial charge on any atom is -0.480 e. The number of nitrogens with one attached hydrogen (secondary N) is 4. The van der Waals surface area contributed by atoms with E-state index in [1.807, 2.05) is 0 Å². The molecule has 0 aliphatic carbocycles. The Bertz CT molecular complexity index is 2180. The van der Waals surface area contributed by atoms with Gasteiger partial charge in [0.1, 0.15) is 29.6 Å². The number of nitrogens with two attached hydrogens (primary N) is 1. The highest BCUT2D eigenvalue weighted by atomic mass is 32.2. The molecule has 0 atom stereocenters. The van der Waals surface area contributed by atoms with Gasteiger partial charge in [-0.25, -0.2) is 21.8 Å². The lowest BCUT2D eigenvalue weighted by atomic mass is 9.80. The zero-order valence-electron chi connectivity index (χ0n) is 25.0. The first kappa shape index (κ1) is 35.6. The molecule has 254 valence electrons. The molecule has 0 radical (unpaired) electrons. The third-order valence-corrected chi connectivity index (χ3v) is 9.70. The lowest BCUT2D eigenvalue weighted by Gasteiger charge is -2.31. The van der Waals surface area contributed by atoms with Crippen LogP contribution >= 0.6 is 0 Å². The lowest BCUT2D eigenvalue weighted by Crippen LogP contribution is -2.47. The number of amidine groups is 1. The van der Waals surface area contributed by atoms with E-state index < -0.39 is 71.8 Å².